The molecule has 4 atom stereocenters. The van der Waals surface area contributed by atoms with Gasteiger partial charge in [-0.2, -0.15) is 0 Å². The van der Waals surface area contributed by atoms with Gasteiger partial charge in [-0.3, -0.25) is 19.2 Å². The molecule has 0 aromatic rings. The van der Waals surface area contributed by atoms with Gasteiger partial charge < -0.3 is 26.2 Å². The molecular formula is C36H58N6O7S. The number of terminal acetylenes is 1. The molecule has 14 heteroatoms. The maximum atomic E-state index is 14.6. The van der Waals surface area contributed by atoms with E-state index < -0.39 is 57.3 Å². The molecule has 13 nitrogen and oxygen atoms in total. The molecule has 5 amide bonds. The Bertz CT molecular complexity index is 1390. The van der Waals surface area contributed by atoms with Gasteiger partial charge in [-0.1, -0.05) is 52.4 Å². The number of carbonyl (C=O) groups excluding carboxylic acids is 5. The molecule has 3 aliphatic carbocycles. The highest BCUT2D eigenvalue weighted by atomic mass is 32.2. The summed E-state index contributed by atoms with van der Waals surface area (Å²) in [4.78, 5) is 70.0. The molecule has 50 heavy (non-hydrogen) atoms. The Balaban J connectivity index is 1.57. The molecule has 0 bridgehead atoms. The van der Waals surface area contributed by atoms with E-state index in [1.54, 1.807) is 4.90 Å². The largest absolute Gasteiger partial charge is 0.347 e. The fraction of sp³-hybridized carbons (Fsp3) is 0.806. The maximum absolute atomic E-state index is 14.6. The van der Waals surface area contributed by atoms with Gasteiger partial charge in [0.05, 0.1) is 17.3 Å². The average Bonchev–Trinajstić information content (AvgIpc) is 3.77. The number of rotatable bonds is 15. The number of carbonyl (C=O) groups is 5. The molecule has 1 aliphatic heterocycles. The highest BCUT2D eigenvalue weighted by Crippen LogP contribution is 2.35. The third-order valence-electron chi connectivity index (χ3n) is 11.1. The number of amides is 5. The Labute approximate surface area is 298 Å². The van der Waals surface area contributed by atoms with Crippen LogP contribution in [0.5, 0.6) is 0 Å². The van der Waals surface area contributed by atoms with Crippen molar-refractivity contribution in [1.29, 1.82) is 0 Å². The Morgan fingerprint density at radius 1 is 0.920 bits per heavy atom. The molecule has 3 saturated carbocycles. The molecule has 4 fully saturated rings. The smallest absolute Gasteiger partial charge is 0.315 e. The van der Waals surface area contributed by atoms with Gasteiger partial charge in [-0.15, -0.1) is 12.3 Å². The quantitative estimate of drug-likeness (QED) is 0.149. The number of ketones is 1. The van der Waals surface area contributed by atoms with Gasteiger partial charge in [0.15, 0.2) is 0 Å². The van der Waals surface area contributed by atoms with Gasteiger partial charge in [0.25, 0.3) is 5.91 Å². The summed E-state index contributed by atoms with van der Waals surface area (Å²) in [6.07, 6.45) is 15.7. The van der Waals surface area contributed by atoms with Crippen LogP contribution in [0.2, 0.25) is 0 Å². The lowest BCUT2D eigenvalue weighted by Crippen LogP contribution is -2.63. The molecule has 1 heterocycles. The molecule has 4 N–H and O–H groups in total. The van der Waals surface area contributed by atoms with Gasteiger partial charge in [-0.25, -0.2) is 17.5 Å². The number of hydrogen-bond donors (Lipinski definition) is 4. The van der Waals surface area contributed by atoms with Crippen LogP contribution in [0.15, 0.2) is 0 Å². The lowest BCUT2D eigenvalue weighted by molar-refractivity contribution is -0.144. The van der Waals surface area contributed by atoms with Crippen LogP contribution >= 0.6 is 0 Å². The summed E-state index contributed by atoms with van der Waals surface area (Å²) in [5, 5.41) is 11.5. The van der Waals surface area contributed by atoms with E-state index in [4.69, 9.17) is 6.42 Å². The summed E-state index contributed by atoms with van der Waals surface area (Å²) in [5.41, 5.74) is -0.962. The zero-order valence-corrected chi connectivity index (χ0v) is 31.1. The van der Waals surface area contributed by atoms with E-state index in [0.29, 0.717) is 25.8 Å². The summed E-state index contributed by atoms with van der Waals surface area (Å²) in [5.74, 6) is -0.509. The number of nitrogens with zero attached hydrogens (tertiary/aromatic N) is 2. The number of likely N-dealkylation sites (tertiary alicyclic amines) is 1. The normalized spacial score (nSPS) is 23.8. The van der Waals surface area contributed by atoms with Crippen LogP contribution < -0.4 is 21.3 Å². The maximum Gasteiger partial charge on any atom is 0.315 e. The van der Waals surface area contributed by atoms with E-state index >= 15 is 0 Å². The van der Waals surface area contributed by atoms with Gasteiger partial charge in [0.1, 0.15) is 12.1 Å². The Morgan fingerprint density at radius 2 is 1.56 bits per heavy atom. The first-order chi connectivity index (χ1) is 23.7. The second kappa shape index (κ2) is 17.4. The van der Waals surface area contributed by atoms with Crippen molar-refractivity contribution < 1.29 is 32.4 Å². The van der Waals surface area contributed by atoms with Crippen LogP contribution in [0, 0.1) is 30.1 Å². The fourth-order valence-corrected chi connectivity index (χ4v) is 9.27. The van der Waals surface area contributed by atoms with Crippen molar-refractivity contribution in [2.45, 2.75) is 140 Å². The van der Waals surface area contributed by atoms with E-state index in [1.807, 2.05) is 13.8 Å². The summed E-state index contributed by atoms with van der Waals surface area (Å²) in [6.45, 7) is 4.26. The standard InChI is InChI=1S/C36H58N6O7S/c1-6-7-16-28(31(43)33(45)37-26-17-18-26)38-32(44)30-27(24(2)3)19-22-42(30)34(46)29(25-14-10-8-11-15-25)39-35(47)40-36(20-12-9-13-21-36)23-50(48,49)41(4)5/h1,24-30H,7-23H2,2-5H3,(H,37,45)(H,38,44)(H2,39,40,47)/t27-,28+,29+,30+/m1/s1. The molecule has 4 rings (SSSR count). The molecule has 0 unspecified atom stereocenters. The number of hydrogen-bond acceptors (Lipinski definition) is 7. The highest BCUT2D eigenvalue weighted by molar-refractivity contribution is 7.89. The van der Waals surface area contributed by atoms with Crippen molar-refractivity contribution in [3.8, 4) is 12.3 Å². The molecule has 1 saturated heterocycles. The van der Waals surface area contributed by atoms with Crippen LogP contribution in [0.4, 0.5) is 4.79 Å². The van der Waals surface area contributed by atoms with Crippen LogP contribution in [0.3, 0.4) is 0 Å². The minimum Gasteiger partial charge on any atom is -0.347 e. The first kappa shape index (κ1) is 39.6. The number of sulfonamides is 1. The topological polar surface area (TPSA) is 174 Å². The van der Waals surface area contributed by atoms with Crippen molar-refractivity contribution in [1.82, 2.24) is 30.5 Å². The third-order valence-corrected chi connectivity index (χ3v) is 13.1. The third kappa shape index (κ3) is 10.2. The summed E-state index contributed by atoms with van der Waals surface area (Å²) >= 11 is 0. The average molecular weight is 719 g/mol. The lowest BCUT2D eigenvalue weighted by atomic mass is 9.82. The van der Waals surface area contributed by atoms with Crippen molar-refractivity contribution in [3.63, 3.8) is 0 Å². The molecule has 4 aliphatic rings. The van der Waals surface area contributed by atoms with Gasteiger partial charge in [0, 0.05) is 33.1 Å². The summed E-state index contributed by atoms with van der Waals surface area (Å²) in [7, 11) is -0.673. The van der Waals surface area contributed by atoms with Crippen LogP contribution in [-0.4, -0.2) is 103 Å². The fourth-order valence-electron chi connectivity index (χ4n) is 7.95. The first-order valence-corrected chi connectivity index (χ1v) is 20.2. The Hall–Kier alpha value is -3.18. The Kier molecular flexibility index (Phi) is 13.7. The molecule has 0 aromatic carbocycles. The van der Waals surface area contributed by atoms with Crippen LogP contribution in [0.1, 0.15) is 110 Å². The zero-order chi connectivity index (χ0) is 36.6. The van der Waals surface area contributed by atoms with Gasteiger partial charge >= 0.3 is 6.03 Å². The van der Waals surface area contributed by atoms with E-state index in [0.717, 1.165) is 64.2 Å². The van der Waals surface area contributed by atoms with Gasteiger partial charge in [0.2, 0.25) is 27.6 Å². The highest BCUT2D eigenvalue weighted by Gasteiger charge is 2.48. The Morgan fingerprint density at radius 3 is 2.14 bits per heavy atom. The predicted octanol–water partition coefficient (Wildman–Crippen LogP) is 2.45. The monoisotopic (exact) mass is 718 g/mol. The number of Topliss-reactive ketones (excluding diaryl/α,β-unsaturated/α-hetero) is 1. The molecule has 280 valence electrons. The molecule has 0 radical (unpaired) electrons. The lowest BCUT2D eigenvalue weighted by Gasteiger charge is -2.40. The predicted molar refractivity (Wildman–Crippen MR) is 190 cm³/mol. The molecule has 0 aromatic heterocycles. The minimum atomic E-state index is -3.63. The van der Waals surface area contributed by atoms with E-state index in [2.05, 4.69) is 27.2 Å². The first-order valence-electron chi connectivity index (χ1n) is 18.6. The SMILES string of the molecule is C#CCC[C@H](NC(=O)[C@@H]1[C@@H](C(C)C)CCN1C(=O)[C@@H](NC(=O)NC1(CS(=O)(=O)N(C)C)CCCCC1)C1CCCCC1)C(=O)C(=O)NC1CC1. The van der Waals surface area contributed by atoms with E-state index in [1.165, 1.54) is 18.4 Å². The summed E-state index contributed by atoms with van der Waals surface area (Å²) in [6, 6.07) is -3.60. The molecule has 0 spiro atoms. The molecular weight excluding hydrogens is 660 g/mol. The number of nitrogens with one attached hydrogen (secondary N) is 4. The second-order valence-electron chi connectivity index (χ2n) is 15.4. The van der Waals surface area contributed by atoms with Crippen molar-refractivity contribution >= 4 is 39.6 Å². The number of urea groups is 1. The van der Waals surface area contributed by atoms with E-state index in [9.17, 15) is 32.4 Å². The van der Waals surface area contributed by atoms with Crippen molar-refractivity contribution in [2.75, 3.05) is 26.4 Å². The van der Waals surface area contributed by atoms with Crippen molar-refractivity contribution in [3.05, 3.63) is 0 Å². The van der Waals surface area contributed by atoms with Crippen LogP contribution in [-0.2, 0) is 29.2 Å². The van der Waals surface area contributed by atoms with E-state index in [-0.39, 0.29) is 48.3 Å². The minimum absolute atomic E-state index is 0.0239. The van der Waals surface area contributed by atoms with Gasteiger partial charge in [-0.05, 0) is 69.1 Å². The van der Waals surface area contributed by atoms with Crippen molar-refractivity contribution in [2.24, 2.45) is 17.8 Å². The summed E-state index contributed by atoms with van der Waals surface area (Å²) < 4.78 is 27.1. The zero-order valence-electron chi connectivity index (χ0n) is 30.3. The second-order valence-corrected chi connectivity index (χ2v) is 17.6. The van der Waals surface area contributed by atoms with Crippen LogP contribution in [0.25, 0.3) is 0 Å².